The molecule has 0 amide bonds. The van der Waals surface area contributed by atoms with E-state index in [1.54, 1.807) is 12.1 Å². The number of benzene rings is 2. The Morgan fingerprint density at radius 1 is 0.750 bits per heavy atom. The van der Waals surface area contributed by atoms with Crippen molar-refractivity contribution in [1.82, 2.24) is 9.80 Å². The van der Waals surface area contributed by atoms with Crippen LogP contribution in [0.5, 0.6) is 0 Å². The predicted octanol–water partition coefficient (Wildman–Crippen LogP) is 3.21. The van der Waals surface area contributed by atoms with Crippen LogP contribution < -0.4 is 9.80 Å². The summed E-state index contributed by atoms with van der Waals surface area (Å²) in [5.74, 6) is -1.95. The monoisotopic (exact) mass is 438 g/mol. The number of aromatic carboxylic acids is 2. The number of fused-ring (bicyclic) bond motifs is 2. The highest BCUT2D eigenvalue weighted by Crippen LogP contribution is 2.39. The Bertz CT molecular complexity index is 999. The third-order valence-electron chi connectivity index (χ3n) is 6.27. The van der Waals surface area contributed by atoms with Crippen LogP contribution in [0.4, 0.5) is 11.4 Å². The van der Waals surface area contributed by atoms with Crippen molar-refractivity contribution in [1.29, 1.82) is 0 Å². The Morgan fingerprint density at radius 3 is 1.44 bits per heavy atom. The number of rotatable bonds is 5. The van der Waals surface area contributed by atoms with E-state index in [2.05, 4.69) is 19.6 Å². The summed E-state index contributed by atoms with van der Waals surface area (Å²) in [4.78, 5) is 32.8. The molecule has 8 heteroatoms. The molecule has 0 bridgehead atoms. The summed E-state index contributed by atoms with van der Waals surface area (Å²) in [6.45, 7) is 8.07. The molecule has 8 nitrogen and oxygen atoms in total. The molecular formula is C24H30N4O4. The first-order chi connectivity index (χ1) is 15.2. The fourth-order valence-corrected chi connectivity index (χ4v) is 4.96. The van der Waals surface area contributed by atoms with E-state index in [1.165, 1.54) is 0 Å². The zero-order valence-electron chi connectivity index (χ0n) is 19.1. The molecular weight excluding hydrogens is 408 g/mol. The number of anilines is 2. The second kappa shape index (κ2) is 8.44. The molecule has 2 aromatic rings. The Kier molecular flexibility index (Phi) is 5.83. The minimum atomic E-state index is -0.973. The molecule has 0 fully saturated rings. The van der Waals surface area contributed by atoms with Gasteiger partial charge >= 0.3 is 11.9 Å². The van der Waals surface area contributed by atoms with Crippen molar-refractivity contribution in [2.75, 3.05) is 50.3 Å². The molecule has 0 spiro atoms. The highest BCUT2D eigenvalue weighted by Gasteiger charge is 2.29. The predicted molar refractivity (Wildman–Crippen MR) is 125 cm³/mol. The van der Waals surface area contributed by atoms with Crippen molar-refractivity contribution in [2.45, 2.75) is 26.9 Å². The number of hydrogen-bond donors (Lipinski definition) is 2. The first-order valence-electron chi connectivity index (χ1n) is 10.9. The highest BCUT2D eigenvalue weighted by molar-refractivity contribution is 6.00. The van der Waals surface area contributed by atoms with Crippen molar-refractivity contribution >= 4 is 23.3 Å². The molecule has 2 aliphatic rings. The minimum Gasteiger partial charge on any atom is -0.478 e. The van der Waals surface area contributed by atoms with Gasteiger partial charge in [0, 0.05) is 26.2 Å². The lowest BCUT2D eigenvalue weighted by Crippen LogP contribution is -2.41. The third kappa shape index (κ3) is 3.80. The quantitative estimate of drug-likeness (QED) is 0.736. The van der Waals surface area contributed by atoms with Crippen molar-refractivity contribution in [2.24, 2.45) is 0 Å². The molecule has 0 radical (unpaired) electrons. The maximum absolute atomic E-state index is 12.2. The van der Waals surface area contributed by atoms with Gasteiger partial charge in [0.1, 0.15) is 0 Å². The summed E-state index contributed by atoms with van der Waals surface area (Å²) in [7, 11) is 4.02. The maximum Gasteiger partial charge on any atom is 0.337 e. The SMILES string of the molecule is CCN1CN(C)Cc2cc(-c3cc4c(c(C(=O)O)c3)N(CC)CN(C)C4)cc(C(=O)O)c21. The van der Waals surface area contributed by atoms with Crippen LogP contribution in [0, 0.1) is 0 Å². The van der Waals surface area contributed by atoms with Gasteiger partial charge in [0.25, 0.3) is 0 Å². The Morgan fingerprint density at radius 2 is 1.12 bits per heavy atom. The smallest absolute Gasteiger partial charge is 0.337 e. The lowest BCUT2D eigenvalue weighted by atomic mass is 9.92. The normalized spacial score (nSPS) is 16.6. The van der Waals surface area contributed by atoms with Crippen molar-refractivity contribution in [3.8, 4) is 11.1 Å². The van der Waals surface area contributed by atoms with Gasteiger partial charge in [-0.05, 0) is 74.5 Å². The summed E-state index contributed by atoms with van der Waals surface area (Å²) in [5.41, 5.74) is 5.38. The lowest BCUT2D eigenvalue weighted by molar-refractivity contribution is 0.0686. The van der Waals surface area contributed by atoms with E-state index in [4.69, 9.17) is 0 Å². The number of carboxylic acid groups (broad SMARTS) is 2. The zero-order chi connectivity index (χ0) is 23.2. The van der Waals surface area contributed by atoms with Crippen LogP contribution in [0.25, 0.3) is 11.1 Å². The average Bonchev–Trinajstić information content (AvgIpc) is 2.75. The molecule has 2 heterocycles. The number of carboxylic acids is 2. The summed E-state index contributed by atoms with van der Waals surface area (Å²) >= 11 is 0. The largest absolute Gasteiger partial charge is 0.478 e. The fraction of sp³-hybridized carbons (Fsp3) is 0.417. The summed E-state index contributed by atoms with van der Waals surface area (Å²) < 4.78 is 0. The third-order valence-corrected chi connectivity index (χ3v) is 6.27. The van der Waals surface area contributed by atoms with Crippen LogP contribution in [0.3, 0.4) is 0 Å². The van der Waals surface area contributed by atoms with Gasteiger partial charge in [-0.25, -0.2) is 9.59 Å². The van der Waals surface area contributed by atoms with Crippen LogP contribution in [0.15, 0.2) is 24.3 Å². The van der Waals surface area contributed by atoms with Crippen molar-refractivity contribution in [3.05, 3.63) is 46.5 Å². The Labute approximate surface area is 188 Å². The molecule has 0 aromatic heterocycles. The lowest BCUT2D eigenvalue weighted by Gasteiger charge is -2.38. The molecule has 170 valence electrons. The number of carbonyl (C=O) groups is 2. The van der Waals surface area contributed by atoms with E-state index >= 15 is 0 Å². The van der Waals surface area contributed by atoms with Gasteiger partial charge in [-0.3, -0.25) is 9.80 Å². The van der Waals surface area contributed by atoms with Crippen LogP contribution in [-0.4, -0.2) is 72.5 Å². The zero-order valence-corrected chi connectivity index (χ0v) is 19.1. The summed E-state index contributed by atoms with van der Waals surface area (Å²) in [5, 5.41) is 20.0. The van der Waals surface area contributed by atoms with Crippen molar-refractivity contribution < 1.29 is 19.8 Å². The molecule has 32 heavy (non-hydrogen) atoms. The van der Waals surface area contributed by atoms with Gasteiger partial charge < -0.3 is 20.0 Å². The molecule has 2 N–H and O–H groups in total. The van der Waals surface area contributed by atoms with Gasteiger partial charge in [-0.15, -0.1) is 0 Å². The van der Waals surface area contributed by atoms with Crippen LogP contribution in [0.2, 0.25) is 0 Å². The molecule has 0 atom stereocenters. The first kappa shape index (κ1) is 22.1. The summed E-state index contributed by atoms with van der Waals surface area (Å²) in [6, 6.07) is 7.40. The average molecular weight is 439 g/mol. The van der Waals surface area contributed by atoms with Gasteiger partial charge in [-0.1, -0.05) is 0 Å². The van der Waals surface area contributed by atoms with E-state index in [-0.39, 0.29) is 11.1 Å². The Hall–Kier alpha value is -3.10. The van der Waals surface area contributed by atoms with E-state index in [0.717, 1.165) is 33.6 Å². The van der Waals surface area contributed by atoms with Gasteiger partial charge in [-0.2, -0.15) is 0 Å². The standard InChI is InChI=1S/C24H30N4O4/c1-5-27-13-25(3)11-17-7-15(9-19(21(17)27)23(29)30)16-8-18-12-26(4)14-28(6-2)22(18)20(10-16)24(31)32/h7-10H,5-6,11-14H2,1-4H3,(H,29,30)(H,31,32). The fourth-order valence-electron chi connectivity index (χ4n) is 4.96. The molecule has 0 saturated carbocycles. The van der Waals surface area contributed by atoms with E-state index in [0.29, 0.717) is 39.5 Å². The van der Waals surface area contributed by atoms with E-state index < -0.39 is 11.9 Å². The van der Waals surface area contributed by atoms with Crippen LogP contribution in [0.1, 0.15) is 45.7 Å². The number of hydrogen-bond acceptors (Lipinski definition) is 6. The van der Waals surface area contributed by atoms with E-state index in [9.17, 15) is 19.8 Å². The van der Waals surface area contributed by atoms with E-state index in [1.807, 2.05) is 40.1 Å². The second-order valence-corrected chi connectivity index (χ2v) is 8.70. The van der Waals surface area contributed by atoms with Crippen molar-refractivity contribution in [3.63, 3.8) is 0 Å². The van der Waals surface area contributed by atoms with Gasteiger partial charge in [0.2, 0.25) is 0 Å². The molecule has 2 aliphatic heterocycles. The Balaban J connectivity index is 1.93. The molecule has 4 rings (SSSR count). The highest BCUT2D eigenvalue weighted by atomic mass is 16.4. The number of nitrogens with zero attached hydrogens (tertiary/aromatic N) is 4. The van der Waals surface area contributed by atoms with Gasteiger partial charge in [0.15, 0.2) is 0 Å². The first-order valence-corrected chi connectivity index (χ1v) is 10.9. The molecule has 0 aliphatic carbocycles. The topological polar surface area (TPSA) is 87.6 Å². The van der Waals surface area contributed by atoms with Gasteiger partial charge in [0.05, 0.1) is 35.8 Å². The van der Waals surface area contributed by atoms with Crippen LogP contribution >= 0.6 is 0 Å². The summed E-state index contributed by atoms with van der Waals surface area (Å²) in [6.07, 6.45) is 0. The molecule has 0 unspecified atom stereocenters. The minimum absolute atomic E-state index is 0.259. The molecule has 2 aromatic carbocycles. The molecule has 0 saturated heterocycles. The van der Waals surface area contributed by atoms with Crippen LogP contribution in [-0.2, 0) is 13.1 Å². The second-order valence-electron chi connectivity index (χ2n) is 8.70. The maximum atomic E-state index is 12.2.